The Morgan fingerprint density at radius 3 is 2.46 bits per heavy atom. The van der Waals surface area contributed by atoms with E-state index in [1.165, 1.54) is 0 Å². The van der Waals surface area contributed by atoms with Crippen LogP contribution >= 0.6 is 0 Å². The molecule has 5 nitrogen and oxygen atoms in total. The number of likely N-dealkylation sites (tertiary alicyclic amines) is 2. The number of nitriles is 1. The van der Waals surface area contributed by atoms with E-state index < -0.39 is 0 Å². The number of carbonyl (C=O) groups excluding carboxylic acids is 2. The Hall–Kier alpha value is -2.35. The molecule has 0 bridgehead atoms. The third-order valence-corrected chi connectivity index (χ3v) is 5.14. The highest BCUT2D eigenvalue weighted by molar-refractivity contribution is 5.94. The Morgan fingerprint density at radius 2 is 1.88 bits per heavy atom. The fourth-order valence-electron chi connectivity index (χ4n) is 3.57. The standard InChI is InChI=1S/C19H23N3O2/c20-14-16-3-5-17(6-4-16)19(24)22-12-8-15(9-13-22)7-11-21-10-1-2-18(21)23/h3-6,15H,1-2,7-13H2. The summed E-state index contributed by atoms with van der Waals surface area (Å²) < 4.78 is 0. The van der Waals surface area contributed by atoms with Gasteiger partial charge in [0.1, 0.15) is 0 Å². The average molecular weight is 325 g/mol. The maximum atomic E-state index is 12.5. The van der Waals surface area contributed by atoms with Gasteiger partial charge in [-0.05, 0) is 55.9 Å². The SMILES string of the molecule is N#Cc1ccc(C(=O)N2CCC(CCN3CCCC3=O)CC2)cc1. The summed E-state index contributed by atoms with van der Waals surface area (Å²) in [4.78, 5) is 28.0. The lowest BCUT2D eigenvalue weighted by Crippen LogP contribution is -2.39. The van der Waals surface area contributed by atoms with Gasteiger partial charge in [0.2, 0.25) is 5.91 Å². The highest BCUT2D eigenvalue weighted by Crippen LogP contribution is 2.23. The predicted octanol–water partition coefficient (Wildman–Crippen LogP) is 2.42. The van der Waals surface area contributed by atoms with Gasteiger partial charge in [-0.2, -0.15) is 5.26 Å². The van der Waals surface area contributed by atoms with Crippen molar-refractivity contribution in [3.8, 4) is 6.07 Å². The van der Waals surface area contributed by atoms with Crippen LogP contribution in [0.5, 0.6) is 0 Å². The summed E-state index contributed by atoms with van der Waals surface area (Å²) in [6, 6.07) is 8.90. The number of nitrogens with zero attached hydrogens (tertiary/aromatic N) is 3. The molecule has 2 fully saturated rings. The van der Waals surface area contributed by atoms with E-state index in [0.29, 0.717) is 29.4 Å². The molecule has 1 aromatic carbocycles. The van der Waals surface area contributed by atoms with Gasteiger partial charge in [0.25, 0.3) is 5.91 Å². The summed E-state index contributed by atoms with van der Waals surface area (Å²) in [5.74, 6) is 0.944. The molecule has 5 heteroatoms. The molecule has 2 heterocycles. The fourth-order valence-corrected chi connectivity index (χ4v) is 3.57. The maximum absolute atomic E-state index is 12.5. The van der Waals surface area contributed by atoms with Crippen molar-refractivity contribution >= 4 is 11.8 Å². The molecule has 3 rings (SSSR count). The third kappa shape index (κ3) is 3.76. The van der Waals surface area contributed by atoms with Gasteiger partial charge in [-0.3, -0.25) is 9.59 Å². The monoisotopic (exact) mass is 325 g/mol. The van der Waals surface area contributed by atoms with Crippen LogP contribution in [0.15, 0.2) is 24.3 Å². The molecule has 0 N–H and O–H groups in total. The molecule has 2 saturated heterocycles. The first-order chi connectivity index (χ1) is 11.7. The largest absolute Gasteiger partial charge is 0.343 e. The molecule has 0 aromatic heterocycles. The average Bonchev–Trinajstić information content (AvgIpc) is 3.05. The van der Waals surface area contributed by atoms with Crippen molar-refractivity contribution in [1.82, 2.24) is 9.80 Å². The molecule has 2 amide bonds. The molecule has 126 valence electrons. The molecule has 0 unspecified atom stereocenters. The Bertz CT molecular complexity index is 640. The highest BCUT2D eigenvalue weighted by Gasteiger charge is 2.25. The molecule has 0 atom stereocenters. The van der Waals surface area contributed by atoms with E-state index in [-0.39, 0.29) is 5.91 Å². The second-order valence-electron chi connectivity index (χ2n) is 6.70. The fraction of sp³-hybridized carbons (Fsp3) is 0.526. The summed E-state index contributed by atoms with van der Waals surface area (Å²) in [7, 11) is 0. The van der Waals surface area contributed by atoms with Crippen molar-refractivity contribution in [3.63, 3.8) is 0 Å². The lowest BCUT2D eigenvalue weighted by Gasteiger charge is -2.32. The van der Waals surface area contributed by atoms with E-state index in [4.69, 9.17) is 5.26 Å². The van der Waals surface area contributed by atoms with Gasteiger partial charge in [0, 0.05) is 38.2 Å². The molecule has 2 aliphatic heterocycles. The molecule has 0 spiro atoms. The zero-order valence-corrected chi connectivity index (χ0v) is 13.9. The number of carbonyl (C=O) groups is 2. The molecular formula is C19H23N3O2. The Kier molecular flexibility index (Phi) is 5.14. The van der Waals surface area contributed by atoms with Gasteiger partial charge in [0.05, 0.1) is 11.6 Å². The zero-order chi connectivity index (χ0) is 16.9. The molecule has 0 aliphatic carbocycles. The van der Waals surface area contributed by atoms with Crippen LogP contribution in [0, 0.1) is 17.2 Å². The van der Waals surface area contributed by atoms with E-state index in [1.54, 1.807) is 24.3 Å². The molecule has 0 saturated carbocycles. The summed E-state index contributed by atoms with van der Waals surface area (Å²) in [5, 5.41) is 8.82. The second kappa shape index (κ2) is 7.48. The summed E-state index contributed by atoms with van der Waals surface area (Å²) in [5.41, 5.74) is 1.22. The lowest BCUT2D eigenvalue weighted by atomic mass is 9.93. The highest BCUT2D eigenvalue weighted by atomic mass is 16.2. The number of rotatable bonds is 4. The van der Waals surface area contributed by atoms with Crippen molar-refractivity contribution in [2.45, 2.75) is 32.1 Å². The Labute approximate surface area is 142 Å². The van der Waals surface area contributed by atoms with Crippen LogP contribution in [0.3, 0.4) is 0 Å². The number of hydrogen-bond acceptors (Lipinski definition) is 3. The molecule has 24 heavy (non-hydrogen) atoms. The van der Waals surface area contributed by atoms with Gasteiger partial charge in [-0.25, -0.2) is 0 Å². The number of benzene rings is 1. The van der Waals surface area contributed by atoms with Crippen molar-refractivity contribution in [1.29, 1.82) is 5.26 Å². The topological polar surface area (TPSA) is 64.4 Å². The van der Waals surface area contributed by atoms with E-state index >= 15 is 0 Å². The van der Waals surface area contributed by atoms with Crippen molar-refractivity contribution < 1.29 is 9.59 Å². The molecule has 1 aromatic rings. The van der Waals surface area contributed by atoms with Crippen molar-refractivity contribution in [3.05, 3.63) is 35.4 Å². The Balaban J connectivity index is 1.46. The van der Waals surface area contributed by atoms with Crippen LogP contribution in [0.4, 0.5) is 0 Å². The minimum absolute atomic E-state index is 0.0488. The summed E-state index contributed by atoms with van der Waals surface area (Å²) >= 11 is 0. The van der Waals surface area contributed by atoms with E-state index in [9.17, 15) is 9.59 Å². The van der Waals surface area contributed by atoms with Crippen LogP contribution in [0.25, 0.3) is 0 Å². The van der Waals surface area contributed by atoms with Crippen LogP contribution < -0.4 is 0 Å². The van der Waals surface area contributed by atoms with Gasteiger partial charge in [0.15, 0.2) is 0 Å². The van der Waals surface area contributed by atoms with Crippen molar-refractivity contribution in [2.75, 3.05) is 26.2 Å². The van der Waals surface area contributed by atoms with Crippen molar-refractivity contribution in [2.24, 2.45) is 5.92 Å². The quantitative estimate of drug-likeness (QED) is 0.854. The van der Waals surface area contributed by atoms with Gasteiger partial charge >= 0.3 is 0 Å². The number of piperidine rings is 1. The van der Waals surface area contributed by atoms with E-state index in [1.807, 2.05) is 9.80 Å². The van der Waals surface area contributed by atoms with Crippen LogP contribution in [0.1, 0.15) is 48.0 Å². The Morgan fingerprint density at radius 1 is 1.17 bits per heavy atom. The van der Waals surface area contributed by atoms with Gasteiger partial charge < -0.3 is 9.80 Å². The van der Waals surface area contributed by atoms with Crippen LogP contribution in [-0.4, -0.2) is 47.8 Å². The molecule has 2 aliphatic rings. The van der Waals surface area contributed by atoms with E-state index in [2.05, 4.69) is 6.07 Å². The minimum atomic E-state index is 0.0488. The second-order valence-corrected chi connectivity index (χ2v) is 6.70. The first kappa shape index (κ1) is 16.5. The minimum Gasteiger partial charge on any atom is -0.343 e. The normalized spacial score (nSPS) is 18.7. The smallest absolute Gasteiger partial charge is 0.253 e. The number of amides is 2. The van der Waals surface area contributed by atoms with E-state index in [0.717, 1.165) is 51.9 Å². The van der Waals surface area contributed by atoms with Gasteiger partial charge in [-0.1, -0.05) is 0 Å². The lowest BCUT2D eigenvalue weighted by molar-refractivity contribution is -0.127. The third-order valence-electron chi connectivity index (χ3n) is 5.14. The zero-order valence-electron chi connectivity index (χ0n) is 13.9. The molecular weight excluding hydrogens is 302 g/mol. The van der Waals surface area contributed by atoms with Crippen LogP contribution in [0.2, 0.25) is 0 Å². The number of hydrogen-bond donors (Lipinski definition) is 0. The first-order valence-corrected chi connectivity index (χ1v) is 8.74. The first-order valence-electron chi connectivity index (χ1n) is 8.74. The molecule has 0 radical (unpaired) electrons. The van der Waals surface area contributed by atoms with Crippen LogP contribution in [-0.2, 0) is 4.79 Å². The summed E-state index contributed by atoms with van der Waals surface area (Å²) in [6.45, 7) is 3.33. The predicted molar refractivity (Wildman–Crippen MR) is 90.2 cm³/mol. The van der Waals surface area contributed by atoms with Gasteiger partial charge in [-0.15, -0.1) is 0 Å². The summed E-state index contributed by atoms with van der Waals surface area (Å²) in [6.07, 6.45) is 4.76. The maximum Gasteiger partial charge on any atom is 0.253 e.